The summed E-state index contributed by atoms with van der Waals surface area (Å²) in [5, 5.41) is 6.70. The largest absolute Gasteiger partial charge is 0.368 e. The Morgan fingerprint density at radius 2 is 2.04 bits per heavy atom. The van der Waals surface area contributed by atoms with Crippen LogP contribution in [0.5, 0.6) is 0 Å². The molecule has 0 saturated heterocycles. The minimum atomic E-state index is -3.70. The fourth-order valence-corrected chi connectivity index (χ4v) is 2.65. The maximum atomic E-state index is 14.0. The molecule has 132 valence electrons. The lowest BCUT2D eigenvalue weighted by molar-refractivity contribution is 0.427. The van der Waals surface area contributed by atoms with Gasteiger partial charge in [-0.3, -0.25) is 9.11 Å². The summed E-state index contributed by atoms with van der Waals surface area (Å²) in [7, 11) is -3.70. The van der Waals surface area contributed by atoms with Gasteiger partial charge in [0.15, 0.2) is 0 Å². The Kier molecular flexibility index (Phi) is 5.54. The standard InChI is InChI=1S/C12H14ClF2N5O3S/c1-2-24(22,23)16-10-7-8(6-9(15)11(10)13)20-12(21)19(17-18-20)5-3-4-14/h6-7,16H,2-5H2,1H3. The van der Waals surface area contributed by atoms with Crippen LogP contribution in [0.1, 0.15) is 13.3 Å². The van der Waals surface area contributed by atoms with E-state index in [4.69, 9.17) is 11.6 Å². The summed E-state index contributed by atoms with van der Waals surface area (Å²) in [5.41, 5.74) is -1.00. The van der Waals surface area contributed by atoms with Crippen molar-refractivity contribution in [2.75, 3.05) is 17.1 Å². The highest BCUT2D eigenvalue weighted by Gasteiger charge is 2.17. The zero-order valence-electron chi connectivity index (χ0n) is 12.5. The first-order valence-corrected chi connectivity index (χ1v) is 8.90. The molecule has 0 amide bonds. The van der Waals surface area contributed by atoms with Crippen LogP contribution < -0.4 is 10.4 Å². The molecule has 0 aliphatic carbocycles. The molecule has 0 spiro atoms. The normalized spacial score (nSPS) is 11.7. The Morgan fingerprint density at radius 1 is 1.33 bits per heavy atom. The van der Waals surface area contributed by atoms with Crippen LogP contribution in [-0.2, 0) is 16.6 Å². The SMILES string of the molecule is CCS(=O)(=O)Nc1cc(-n2nnn(CCCF)c2=O)cc(F)c1Cl. The maximum absolute atomic E-state index is 14.0. The van der Waals surface area contributed by atoms with Gasteiger partial charge in [-0.05, 0) is 29.8 Å². The fraction of sp³-hybridized carbons (Fsp3) is 0.417. The highest BCUT2D eigenvalue weighted by molar-refractivity contribution is 7.92. The molecule has 1 N–H and O–H groups in total. The van der Waals surface area contributed by atoms with Crippen molar-refractivity contribution in [1.82, 2.24) is 19.8 Å². The van der Waals surface area contributed by atoms with Crippen LogP contribution in [0, 0.1) is 5.82 Å². The van der Waals surface area contributed by atoms with Crippen LogP contribution in [0.25, 0.3) is 5.69 Å². The lowest BCUT2D eigenvalue weighted by Crippen LogP contribution is -2.25. The number of benzene rings is 1. The van der Waals surface area contributed by atoms with Crippen LogP contribution in [0.2, 0.25) is 5.02 Å². The van der Waals surface area contributed by atoms with E-state index in [0.29, 0.717) is 0 Å². The van der Waals surface area contributed by atoms with Crippen molar-refractivity contribution in [1.29, 1.82) is 0 Å². The Morgan fingerprint density at radius 3 is 2.67 bits per heavy atom. The van der Waals surface area contributed by atoms with Crippen LogP contribution in [-0.4, -0.2) is 40.6 Å². The second-order valence-corrected chi connectivity index (χ2v) is 7.12. The molecule has 2 rings (SSSR count). The number of halogens is 3. The first kappa shape index (κ1) is 18.3. The summed E-state index contributed by atoms with van der Waals surface area (Å²) >= 11 is 5.76. The van der Waals surface area contributed by atoms with E-state index in [1.165, 1.54) is 6.92 Å². The van der Waals surface area contributed by atoms with Crippen molar-refractivity contribution >= 4 is 27.3 Å². The van der Waals surface area contributed by atoms with Crippen molar-refractivity contribution in [3.05, 3.63) is 33.5 Å². The molecule has 1 heterocycles. The lowest BCUT2D eigenvalue weighted by Gasteiger charge is -2.10. The number of nitrogens with zero attached hydrogens (tertiary/aromatic N) is 4. The summed E-state index contributed by atoms with van der Waals surface area (Å²) in [6.07, 6.45) is 0.0785. The third-order valence-electron chi connectivity index (χ3n) is 3.05. The van der Waals surface area contributed by atoms with E-state index >= 15 is 0 Å². The molecule has 0 saturated carbocycles. The highest BCUT2D eigenvalue weighted by atomic mass is 35.5. The van der Waals surface area contributed by atoms with Gasteiger partial charge in [-0.2, -0.15) is 9.36 Å². The van der Waals surface area contributed by atoms with Crippen LogP contribution in [0.15, 0.2) is 16.9 Å². The molecule has 12 heteroatoms. The van der Waals surface area contributed by atoms with Crippen molar-refractivity contribution in [2.45, 2.75) is 19.9 Å². The third-order valence-corrected chi connectivity index (χ3v) is 4.72. The Bertz CT molecular complexity index is 897. The molecule has 8 nitrogen and oxygen atoms in total. The minimum absolute atomic E-state index is 0.0146. The monoisotopic (exact) mass is 381 g/mol. The van der Waals surface area contributed by atoms with E-state index < -0.39 is 33.2 Å². The lowest BCUT2D eigenvalue weighted by atomic mass is 10.2. The molecule has 0 atom stereocenters. The highest BCUT2D eigenvalue weighted by Crippen LogP contribution is 2.28. The number of nitrogens with one attached hydrogen (secondary N) is 1. The van der Waals surface area contributed by atoms with Gasteiger partial charge in [0.25, 0.3) is 0 Å². The van der Waals surface area contributed by atoms with Gasteiger partial charge < -0.3 is 0 Å². The molecule has 0 fully saturated rings. The Balaban J connectivity index is 2.47. The van der Waals surface area contributed by atoms with Crippen molar-refractivity contribution in [2.24, 2.45) is 0 Å². The second kappa shape index (κ2) is 7.26. The summed E-state index contributed by atoms with van der Waals surface area (Å²) in [6.45, 7) is 0.788. The van der Waals surface area contributed by atoms with Gasteiger partial charge in [-0.25, -0.2) is 17.6 Å². The average Bonchev–Trinajstić information content (AvgIpc) is 2.90. The predicted octanol–water partition coefficient (Wildman–Crippen LogP) is 1.34. The second-order valence-electron chi connectivity index (χ2n) is 4.73. The predicted molar refractivity (Wildman–Crippen MR) is 84.3 cm³/mol. The summed E-state index contributed by atoms with van der Waals surface area (Å²) in [6, 6.07) is 2.08. The van der Waals surface area contributed by atoms with E-state index in [9.17, 15) is 22.0 Å². The number of alkyl halides is 1. The van der Waals surface area contributed by atoms with Crippen molar-refractivity contribution in [3.8, 4) is 5.69 Å². The molecule has 24 heavy (non-hydrogen) atoms. The summed E-state index contributed by atoms with van der Waals surface area (Å²) < 4.78 is 53.2. The smallest absolute Gasteiger partial charge is 0.282 e. The molecule has 0 aliphatic heterocycles. The number of sulfonamides is 1. The summed E-state index contributed by atoms with van der Waals surface area (Å²) in [5.74, 6) is -1.18. The molecule has 0 unspecified atom stereocenters. The minimum Gasteiger partial charge on any atom is -0.282 e. The molecular formula is C12H14ClF2N5O3S. The average molecular weight is 382 g/mol. The maximum Gasteiger partial charge on any atom is 0.368 e. The molecule has 2 aromatic rings. The molecular weight excluding hydrogens is 368 g/mol. The number of aromatic nitrogens is 4. The van der Waals surface area contributed by atoms with E-state index in [0.717, 1.165) is 21.5 Å². The van der Waals surface area contributed by atoms with Gasteiger partial charge in [-0.15, -0.1) is 0 Å². The van der Waals surface area contributed by atoms with E-state index in [1.54, 1.807) is 0 Å². The van der Waals surface area contributed by atoms with Gasteiger partial charge in [0.2, 0.25) is 10.0 Å². The van der Waals surface area contributed by atoms with Gasteiger partial charge in [0.1, 0.15) is 10.8 Å². The zero-order chi connectivity index (χ0) is 17.9. The van der Waals surface area contributed by atoms with Gasteiger partial charge in [-0.1, -0.05) is 11.6 Å². The quantitative estimate of drug-likeness (QED) is 0.780. The van der Waals surface area contributed by atoms with Crippen LogP contribution >= 0.6 is 11.6 Å². The van der Waals surface area contributed by atoms with Gasteiger partial charge in [0, 0.05) is 6.07 Å². The van der Waals surface area contributed by atoms with Crippen LogP contribution in [0.4, 0.5) is 14.5 Å². The number of rotatable bonds is 7. The molecule has 1 aromatic heterocycles. The van der Waals surface area contributed by atoms with Crippen molar-refractivity contribution in [3.63, 3.8) is 0 Å². The van der Waals surface area contributed by atoms with Crippen molar-refractivity contribution < 1.29 is 17.2 Å². The summed E-state index contributed by atoms with van der Waals surface area (Å²) in [4.78, 5) is 12.1. The van der Waals surface area contributed by atoms with E-state index in [2.05, 4.69) is 15.1 Å². The van der Waals surface area contributed by atoms with E-state index in [-0.39, 0.29) is 30.1 Å². The molecule has 0 aliphatic rings. The van der Waals surface area contributed by atoms with Crippen LogP contribution in [0.3, 0.4) is 0 Å². The topological polar surface area (TPSA) is 98.9 Å². The Hall–Kier alpha value is -2.01. The number of aryl methyl sites for hydroxylation is 1. The zero-order valence-corrected chi connectivity index (χ0v) is 14.1. The third kappa shape index (κ3) is 3.90. The number of tetrazole rings is 1. The van der Waals surface area contributed by atoms with Gasteiger partial charge >= 0.3 is 5.69 Å². The first-order valence-electron chi connectivity index (χ1n) is 6.87. The molecule has 0 radical (unpaired) electrons. The number of anilines is 1. The first-order chi connectivity index (χ1) is 11.3. The van der Waals surface area contributed by atoms with Gasteiger partial charge in [0.05, 0.1) is 30.3 Å². The Labute approximate surface area is 141 Å². The molecule has 1 aromatic carbocycles. The molecule has 0 bridgehead atoms. The fourth-order valence-electron chi connectivity index (χ4n) is 1.80. The number of hydrogen-bond acceptors (Lipinski definition) is 5. The van der Waals surface area contributed by atoms with E-state index in [1.807, 2.05) is 0 Å². The number of hydrogen-bond donors (Lipinski definition) is 1.